The van der Waals surface area contributed by atoms with Gasteiger partial charge < -0.3 is 15.0 Å². The molecule has 106 valence electrons. The Kier molecular flexibility index (Phi) is 3.34. The number of likely N-dealkylation sites (N-methyl/N-ethyl adjacent to an activating group) is 1. The van der Waals surface area contributed by atoms with Crippen LogP contribution in [0.15, 0.2) is 24.3 Å². The first-order valence-electron chi connectivity index (χ1n) is 6.95. The molecule has 1 aromatic rings. The third-order valence-corrected chi connectivity index (χ3v) is 3.95. The molecule has 5 heteroatoms. The molecule has 1 N–H and O–H groups in total. The monoisotopic (exact) mass is 274 g/mol. The molecule has 0 saturated carbocycles. The van der Waals surface area contributed by atoms with E-state index in [0.29, 0.717) is 19.4 Å². The summed E-state index contributed by atoms with van der Waals surface area (Å²) in [5.41, 5.74) is 1.13. The number of hydrogen-bond acceptors (Lipinski definition) is 3. The van der Waals surface area contributed by atoms with E-state index in [0.717, 1.165) is 17.7 Å². The second-order valence-electron chi connectivity index (χ2n) is 5.36. The number of ether oxygens (including phenoxy) is 1. The van der Waals surface area contributed by atoms with Gasteiger partial charge in [-0.1, -0.05) is 18.2 Å². The van der Waals surface area contributed by atoms with Gasteiger partial charge in [0.2, 0.25) is 5.91 Å². The number of carbonyl (C=O) groups is 2. The van der Waals surface area contributed by atoms with Gasteiger partial charge in [0.15, 0.2) is 6.10 Å². The second-order valence-corrected chi connectivity index (χ2v) is 5.36. The number of rotatable bonds is 2. The third-order valence-electron chi connectivity index (χ3n) is 3.95. The second kappa shape index (κ2) is 5.15. The highest BCUT2D eigenvalue weighted by molar-refractivity contribution is 5.90. The number of para-hydroxylation sites is 1. The standard InChI is InChI=1S/C15H18N2O3/c1-17-9-8-11(15(17)19)16-14(18)13-7-6-10-4-2-3-5-12(10)20-13/h2-5,11,13H,6-9H2,1H3,(H,16,18)/t11-,13-/m0/s1. The molecule has 20 heavy (non-hydrogen) atoms. The highest BCUT2D eigenvalue weighted by atomic mass is 16.5. The molecule has 0 spiro atoms. The van der Waals surface area contributed by atoms with Gasteiger partial charge in [0.05, 0.1) is 0 Å². The van der Waals surface area contributed by atoms with E-state index < -0.39 is 12.1 Å². The minimum Gasteiger partial charge on any atom is -0.480 e. The maximum absolute atomic E-state index is 12.2. The molecule has 0 bridgehead atoms. The highest BCUT2D eigenvalue weighted by Gasteiger charge is 2.33. The molecule has 5 nitrogen and oxygen atoms in total. The number of carbonyl (C=O) groups excluding carboxylic acids is 2. The molecule has 0 aromatic heterocycles. The average molecular weight is 274 g/mol. The Bertz CT molecular complexity index is 544. The van der Waals surface area contributed by atoms with Crippen LogP contribution in [0.3, 0.4) is 0 Å². The lowest BCUT2D eigenvalue weighted by atomic mass is 10.0. The molecule has 2 amide bonds. The summed E-state index contributed by atoms with van der Waals surface area (Å²) in [6.45, 7) is 0.693. The summed E-state index contributed by atoms with van der Waals surface area (Å²) >= 11 is 0. The van der Waals surface area contributed by atoms with Crippen molar-refractivity contribution in [3.8, 4) is 5.75 Å². The van der Waals surface area contributed by atoms with Gasteiger partial charge in [-0.15, -0.1) is 0 Å². The molecule has 2 atom stereocenters. The van der Waals surface area contributed by atoms with E-state index in [1.807, 2.05) is 24.3 Å². The van der Waals surface area contributed by atoms with Gasteiger partial charge >= 0.3 is 0 Å². The van der Waals surface area contributed by atoms with Gasteiger partial charge in [-0.25, -0.2) is 0 Å². The van der Waals surface area contributed by atoms with E-state index in [9.17, 15) is 9.59 Å². The van der Waals surface area contributed by atoms with Gasteiger partial charge in [-0.3, -0.25) is 9.59 Å². The van der Waals surface area contributed by atoms with Crippen LogP contribution in [-0.2, 0) is 16.0 Å². The number of nitrogens with zero attached hydrogens (tertiary/aromatic N) is 1. The summed E-state index contributed by atoms with van der Waals surface area (Å²) in [6.07, 6.45) is 1.65. The largest absolute Gasteiger partial charge is 0.480 e. The smallest absolute Gasteiger partial charge is 0.261 e. The Labute approximate surface area is 117 Å². The molecule has 2 aliphatic rings. The highest BCUT2D eigenvalue weighted by Crippen LogP contribution is 2.27. The van der Waals surface area contributed by atoms with Crippen molar-refractivity contribution in [1.82, 2.24) is 10.2 Å². The summed E-state index contributed by atoms with van der Waals surface area (Å²) in [7, 11) is 1.75. The minimum atomic E-state index is -0.497. The molecule has 1 saturated heterocycles. The number of hydrogen-bond donors (Lipinski definition) is 1. The van der Waals surface area contributed by atoms with Gasteiger partial charge in [0, 0.05) is 13.6 Å². The van der Waals surface area contributed by atoms with Crippen LogP contribution < -0.4 is 10.1 Å². The number of fused-ring (bicyclic) bond motifs is 1. The lowest BCUT2D eigenvalue weighted by Gasteiger charge is -2.26. The Morgan fingerprint density at radius 2 is 2.15 bits per heavy atom. The maximum atomic E-state index is 12.2. The first kappa shape index (κ1) is 13.0. The zero-order chi connectivity index (χ0) is 14.1. The first-order valence-corrected chi connectivity index (χ1v) is 6.95. The predicted octanol–water partition coefficient (Wildman–Crippen LogP) is 0.727. The normalized spacial score (nSPS) is 25.1. The van der Waals surface area contributed by atoms with Crippen molar-refractivity contribution in [3.05, 3.63) is 29.8 Å². The van der Waals surface area contributed by atoms with E-state index in [2.05, 4.69) is 5.32 Å². The summed E-state index contributed by atoms with van der Waals surface area (Å²) in [5, 5.41) is 2.80. The summed E-state index contributed by atoms with van der Waals surface area (Å²) < 4.78 is 5.73. The first-order chi connectivity index (χ1) is 9.65. The van der Waals surface area contributed by atoms with Crippen LogP contribution >= 0.6 is 0 Å². The van der Waals surface area contributed by atoms with Crippen LogP contribution in [0.25, 0.3) is 0 Å². The van der Waals surface area contributed by atoms with E-state index in [4.69, 9.17) is 4.74 Å². The van der Waals surface area contributed by atoms with E-state index >= 15 is 0 Å². The zero-order valence-electron chi connectivity index (χ0n) is 11.5. The van der Waals surface area contributed by atoms with Crippen LogP contribution in [0.2, 0.25) is 0 Å². The van der Waals surface area contributed by atoms with Crippen molar-refractivity contribution in [3.63, 3.8) is 0 Å². The number of likely N-dealkylation sites (tertiary alicyclic amines) is 1. The molecule has 2 heterocycles. The fourth-order valence-electron chi connectivity index (χ4n) is 2.73. The quantitative estimate of drug-likeness (QED) is 0.865. The van der Waals surface area contributed by atoms with Crippen molar-refractivity contribution in [2.24, 2.45) is 0 Å². The summed E-state index contributed by atoms with van der Waals surface area (Å²) in [5.74, 6) is 0.566. The van der Waals surface area contributed by atoms with Crippen LogP contribution in [0.4, 0.5) is 0 Å². The average Bonchev–Trinajstić information content (AvgIpc) is 2.78. The molecule has 0 unspecified atom stereocenters. The number of aryl methyl sites for hydroxylation is 1. The number of benzene rings is 1. The van der Waals surface area contributed by atoms with Gasteiger partial charge in [-0.2, -0.15) is 0 Å². The SMILES string of the molecule is CN1CC[C@H](NC(=O)[C@@H]2CCc3ccccc3O2)C1=O. The van der Waals surface area contributed by atoms with Crippen molar-refractivity contribution in [1.29, 1.82) is 0 Å². The number of amides is 2. The molecule has 1 fully saturated rings. The van der Waals surface area contributed by atoms with E-state index in [1.54, 1.807) is 11.9 Å². The maximum Gasteiger partial charge on any atom is 0.261 e. The van der Waals surface area contributed by atoms with Crippen molar-refractivity contribution in [2.45, 2.75) is 31.4 Å². The van der Waals surface area contributed by atoms with Crippen molar-refractivity contribution >= 4 is 11.8 Å². The van der Waals surface area contributed by atoms with E-state index in [1.165, 1.54) is 0 Å². The Morgan fingerprint density at radius 3 is 2.90 bits per heavy atom. The van der Waals surface area contributed by atoms with Gasteiger partial charge in [0.1, 0.15) is 11.8 Å². The van der Waals surface area contributed by atoms with E-state index in [-0.39, 0.29) is 11.8 Å². The Balaban J connectivity index is 1.63. The van der Waals surface area contributed by atoms with Crippen molar-refractivity contribution in [2.75, 3.05) is 13.6 Å². The fraction of sp³-hybridized carbons (Fsp3) is 0.467. The third kappa shape index (κ3) is 2.35. The molecular formula is C15H18N2O3. The zero-order valence-corrected chi connectivity index (χ0v) is 11.5. The molecule has 0 radical (unpaired) electrons. The molecule has 1 aromatic carbocycles. The molecule has 2 aliphatic heterocycles. The van der Waals surface area contributed by atoms with Crippen molar-refractivity contribution < 1.29 is 14.3 Å². The molecular weight excluding hydrogens is 256 g/mol. The van der Waals surface area contributed by atoms with Gasteiger partial charge in [0.25, 0.3) is 5.91 Å². The van der Waals surface area contributed by atoms with Crippen LogP contribution in [-0.4, -0.2) is 42.5 Å². The van der Waals surface area contributed by atoms with Crippen LogP contribution in [0.1, 0.15) is 18.4 Å². The van der Waals surface area contributed by atoms with Crippen LogP contribution in [0.5, 0.6) is 5.75 Å². The molecule has 0 aliphatic carbocycles. The summed E-state index contributed by atoms with van der Waals surface area (Å²) in [4.78, 5) is 25.6. The minimum absolute atomic E-state index is 0.0189. The molecule has 3 rings (SSSR count). The van der Waals surface area contributed by atoms with Gasteiger partial charge in [-0.05, 0) is 30.9 Å². The Hall–Kier alpha value is -2.04. The van der Waals surface area contributed by atoms with Crippen LogP contribution in [0, 0.1) is 0 Å². The Morgan fingerprint density at radius 1 is 1.35 bits per heavy atom. The lowest BCUT2D eigenvalue weighted by molar-refractivity contribution is -0.135. The fourth-order valence-corrected chi connectivity index (χ4v) is 2.73. The summed E-state index contributed by atoms with van der Waals surface area (Å²) in [6, 6.07) is 7.36. The lowest BCUT2D eigenvalue weighted by Crippen LogP contribution is -2.47. The predicted molar refractivity (Wildman–Crippen MR) is 73.4 cm³/mol. The topological polar surface area (TPSA) is 58.6 Å². The number of nitrogens with one attached hydrogen (secondary N) is 1.